The topological polar surface area (TPSA) is 63.1 Å². The van der Waals surface area contributed by atoms with Crippen LogP contribution in [0, 0.1) is 6.92 Å². The molecule has 3 rings (SSSR count). The number of nitrogens with zero attached hydrogens (tertiary/aromatic N) is 4. The van der Waals surface area contributed by atoms with Crippen LogP contribution in [-0.2, 0) is 13.2 Å². The Labute approximate surface area is 142 Å². The molecule has 9 heteroatoms. The van der Waals surface area contributed by atoms with Gasteiger partial charge in [-0.25, -0.2) is 9.97 Å². The highest BCUT2D eigenvalue weighted by Gasteiger charge is 2.35. The minimum atomic E-state index is -4.53. The van der Waals surface area contributed by atoms with E-state index < -0.39 is 11.9 Å². The second-order valence-corrected chi connectivity index (χ2v) is 5.94. The van der Waals surface area contributed by atoms with Crippen LogP contribution < -0.4 is 5.32 Å². The van der Waals surface area contributed by atoms with Gasteiger partial charge in [-0.3, -0.25) is 4.79 Å². The molecule has 0 saturated carbocycles. The predicted molar refractivity (Wildman–Crippen MR) is 83.8 cm³/mol. The number of carbonyl (C=O) groups excluding carboxylic acids is 1. The number of nitrogens with one attached hydrogen (secondary N) is 1. The zero-order valence-corrected chi connectivity index (χ0v) is 13.8. The molecule has 134 valence electrons. The van der Waals surface area contributed by atoms with Crippen LogP contribution in [0.15, 0.2) is 24.5 Å². The number of aromatic nitrogens is 3. The highest BCUT2D eigenvalue weighted by atomic mass is 19.4. The van der Waals surface area contributed by atoms with Crippen molar-refractivity contribution in [3.05, 3.63) is 47.3 Å². The number of piperazine rings is 1. The molecule has 0 aromatic carbocycles. The van der Waals surface area contributed by atoms with E-state index in [1.54, 1.807) is 17.3 Å². The smallest absolute Gasteiger partial charge is 0.336 e. The molecule has 0 spiro atoms. The first-order valence-corrected chi connectivity index (χ1v) is 7.83. The lowest BCUT2D eigenvalue weighted by atomic mass is 10.1. The summed E-state index contributed by atoms with van der Waals surface area (Å²) >= 11 is 0. The van der Waals surface area contributed by atoms with Crippen molar-refractivity contribution in [2.45, 2.75) is 19.1 Å². The second kappa shape index (κ2) is 6.47. The molecule has 1 fully saturated rings. The third kappa shape index (κ3) is 3.37. The minimum absolute atomic E-state index is 0.0666. The van der Waals surface area contributed by atoms with Crippen molar-refractivity contribution in [1.82, 2.24) is 24.8 Å². The van der Waals surface area contributed by atoms with E-state index in [-0.39, 0.29) is 23.2 Å². The molecule has 0 radical (unpaired) electrons. The Morgan fingerprint density at radius 2 is 2.12 bits per heavy atom. The van der Waals surface area contributed by atoms with Gasteiger partial charge in [-0.1, -0.05) is 0 Å². The first-order valence-electron chi connectivity index (χ1n) is 7.83. The van der Waals surface area contributed by atoms with Crippen LogP contribution in [0.5, 0.6) is 0 Å². The average molecular weight is 353 g/mol. The first-order chi connectivity index (χ1) is 11.8. The third-order valence-electron chi connectivity index (χ3n) is 4.27. The number of hydrogen-bond acceptors (Lipinski definition) is 4. The Morgan fingerprint density at radius 1 is 1.36 bits per heavy atom. The number of imidazole rings is 1. The molecule has 2 aromatic rings. The number of pyridine rings is 1. The van der Waals surface area contributed by atoms with E-state index in [0.29, 0.717) is 19.6 Å². The van der Waals surface area contributed by atoms with E-state index in [2.05, 4.69) is 15.3 Å². The van der Waals surface area contributed by atoms with Gasteiger partial charge in [0.25, 0.3) is 5.91 Å². The van der Waals surface area contributed by atoms with E-state index >= 15 is 0 Å². The molecule has 0 bridgehead atoms. The summed E-state index contributed by atoms with van der Waals surface area (Å²) < 4.78 is 40.1. The maximum atomic E-state index is 12.9. The number of hydrogen-bond donors (Lipinski definition) is 1. The number of amides is 1. The maximum Gasteiger partial charge on any atom is 0.433 e. The van der Waals surface area contributed by atoms with Gasteiger partial charge in [0.15, 0.2) is 0 Å². The highest BCUT2D eigenvalue weighted by molar-refractivity contribution is 5.95. The van der Waals surface area contributed by atoms with Crippen molar-refractivity contribution < 1.29 is 18.0 Å². The van der Waals surface area contributed by atoms with Gasteiger partial charge in [0.05, 0.1) is 11.3 Å². The molecular formula is C16H18F3N5O. The van der Waals surface area contributed by atoms with E-state index in [4.69, 9.17) is 0 Å². The number of aryl methyl sites for hydroxylation is 2. The van der Waals surface area contributed by atoms with Crippen molar-refractivity contribution >= 4 is 5.91 Å². The van der Waals surface area contributed by atoms with E-state index in [9.17, 15) is 18.0 Å². The van der Waals surface area contributed by atoms with Crippen LogP contribution >= 0.6 is 0 Å². The molecule has 1 unspecified atom stereocenters. The zero-order chi connectivity index (χ0) is 18.2. The van der Waals surface area contributed by atoms with Crippen molar-refractivity contribution in [3.8, 4) is 0 Å². The maximum absolute atomic E-state index is 12.9. The fourth-order valence-electron chi connectivity index (χ4n) is 2.98. The SMILES string of the molecule is Cc1nc(C(F)(F)F)ccc1C(=O)N1CCNCC1c1nccn1C. The van der Waals surface area contributed by atoms with Crippen molar-refractivity contribution in [3.63, 3.8) is 0 Å². The molecule has 1 aliphatic rings. The average Bonchev–Trinajstić information content (AvgIpc) is 2.99. The largest absolute Gasteiger partial charge is 0.433 e. The van der Waals surface area contributed by atoms with Crippen LogP contribution in [0.3, 0.4) is 0 Å². The number of rotatable bonds is 2. The van der Waals surface area contributed by atoms with Gasteiger partial charge >= 0.3 is 6.18 Å². The van der Waals surface area contributed by atoms with Crippen LogP contribution in [0.2, 0.25) is 0 Å². The normalized spacial score (nSPS) is 18.4. The molecular weight excluding hydrogens is 335 g/mol. The monoisotopic (exact) mass is 353 g/mol. The van der Waals surface area contributed by atoms with Gasteiger partial charge in [-0.15, -0.1) is 0 Å². The molecule has 1 atom stereocenters. The van der Waals surface area contributed by atoms with Gasteiger partial charge in [-0.05, 0) is 19.1 Å². The van der Waals surface area contributed by atoms with Crippen LogP contribution in [-0.4, -0.2) is 45.0 Å². The lowest BCUT2D eigenvalue weighted by Crippen LogP contribution is -2.49. The Balaban J connectivity index is 1.92. The Kier molecular flexibility index (Phi) is 4.51. The van der Waals surface area contributed by atoms with E-state index in [1.807, 2.05) is 11.6 Å². The summed E-state index contributed by atoms with van der Waals surface area (Å²) in [5, 5.41) is 3.22. The van der Waals surface area contributed by atoms with Crippen molar-refractivity contribution in [2.75, 3.05) is 19.6 Å². The van der Waals surface area contributed by atoms with Crippen molar-refractivity contribution in [1.29, 1.82) is 0 Å². The molecule has 25 heavy (non-hydrogen) atoms. The predicted octanol–water partition coefficient (Wildman–Crippen LogP) is 1.93. The third-order valence-corrected chi connectivity index (χ3v) is 4.27. The second-order valence-electron chi connectivity index (χ2n) is 5.94. The summed E-state index contributed by atoms with van der Waals surface area (Å²) in [5.74, 6) is 0.381. The van der Waals surface area contributed by atoms with Crippen LogP contribution in [0.4, 0.5) is 13.2 Å². The Bertz CT molecular complexity index is 786. The fraction of sp³-hybridized carbons (Fsp3) is 0.438. The zero-order valence-electron chi connectivity index (χ0n) is 13.8. The van der Waals surface area contributed by atoms with Gasteiger partial charge in [0, 0.05) is 39.1 Å². The Hall–Kier alpha value is -2.42. The lowest BCUT2D eigenvalue weighted by Gasteiger charge is -2.36. The minimum Gasteiger partial charge on any atom is -0.336 e. The molecule has 1 amide bonds. The van der Waals surface area contributed by atoms with Gasteiger partial charge in [-0.2, -0.15) is 13.2 Å². The lowest BCUT2D eigenvalue weighted by molar-refractivity contribution is -0.141. The highest BCUT2D eigenvalue weighted by Crippen LogP contribution is 2.29. The first kappa shape index (κ1) is 17.4. The van der Waals surface area contributed by atoms with Gasteiger partial charge < -0.3 is 14.8 Å². The molecule has 3 heterocycles. The van der Waals surface area contributed by atoms with Crippen molar-refractivity contribution in [2.24, 2.45) is 7.05 Å². The summed E-state index contributed by atoms with van der Waals surface area (Å²) in [7, 11) is 1.84. The van der Waals surface area contributed by atoms with Gasteiger partial charge in [0.1, 0.15) is 17.6 Å². The summed E-state index contributed by atoms with van der Waals surface area (Å²) in [4.78, 5) is 22.4. The molecule has 1 saturated heterocycles. The van der Waals surface area contributed by atoms with Crippen LogP contribution in [0.1, 0.15) is 33.6 Å². The quantitative estimate of drug-likeness (QED) is 0.896. The van der Waals surface area contributed by atoms with Crippen LogP contribution in [0.25, 0.3) is 0 Å². The van der Waals surface area contributed by atoms with E-state index in [1.165, 1.54) is 13.0 Å². The molecule has 6 nitrogen and oxygen atoms in total. The number of carbonyl (C=O) groups is 1. The fourth-order valence-corrected chi connectivity index (χ4v) is 2.98. The van der Waals surface area contributed by atoms with E-state index in [0.717, 1.165) is 11.9 Å². The standard InChI is InChI=1S/C16H18F3N5O/c1-10-11(3-4-13(22-10)16(17,18)19)15(25)24-8-5-20-9-12(24)14-21-6-7-23(14)2/h3-4,6-7,12,20H,5,8-9H2,1-2H3. The molecule has 2 aromatic heterocycles. The summed E-state index contributed by atoms with van der Waals surface area (Å²) in [6.07, 6.45) is -1.09. The Morgan fingerprint density at radius 3 is 2.72 bits per heavy atom. The van der Waals surface area contributed by atoms with Gasteiger partial charge in [0.2, 0.25) is 0 Å². The summed E-state index contributed by atoms with van der Waals surface area (Å²) in [6, 6.07) is 1.76. The number of halogens is 3. The summed E-state index contributed by atoms with van der Waals surface area (Å²) in [5.41, 5.74) is -0.756. The molecule has 0 aliphatic carbocycles. The summed E-state index contributed by atoms with van der Waals surface area (Å²) in [6.45, 7) is 3.00. The number of alkyl halides is 3. The molecule has 1 N–H and O–H groups in total. The molecule has 1 aliphatic heterocycles.